The van der Waals surface area contributed by atoms with Crippen molar-refractivity contribution in [1.82, 2.24) is 10.1 Å². The maximum Gasteiger partial charge on any atom is 0.269 e. The van der Waals surface area contributed by atoms with Gasteiger partial charge in [-0.25, -0.2) is 12.8 Å². The number of rotatable bonds is 6. The van der Waals surface area contributed by atoms with Crippen LogP contribution < -0.4 is 9.04 Å². The van der Waals surface area contributed by atoms with Crippen molar-refractivity contribution in [3.63, 3.8) is 0 Å². The summed E-state index contributed by atoms with van der Waals surface area (Å²) in [7, 11) is -0.894. The molecule has 0 aliphatic rings. The van der Waals surface area contributed by atoms with Crippen LogP contribution in [0.3, 0.4) is 0 Å². The lowest BCUT2D eigenvalue weighted by molar-refractivity contribution is 0.415. The lowest BCUT2D eigenvalue weighted by Gasteiger charge is -2.19. The van der Waals surface area contributed by atoms with Gasteiger partial charge in [-0.1, -0.05) is 17.3 Å². The predicted molar refractivity (Wildman–Crippen MR) is 112 cm³/mol. The van der Waals surface area contributed by atoms with Crippen molar-refractivity contribution >= 4 is 27.0 Å². The molecular weight excluding hydrogens is 429 g/mol. The van der Waals surface area contributed by atoms with E-state index in [1.807, 2.05) is 0 Å². The molecule has 2 aromatic carbocycles. The minimum atomic E-state index is -3.89. The summed E-state index contributed by atoms with van der Waals surface area (Å²) in [6.07, 6.45) is 0. The van der Waals surface area contributed by atoms with Crippen LogP contribution in [0.25, 0.3) is 22.2 Å². The zero-order chi connectivity index (χ0) is 21.3. The average Bonchev–Trinajstić information content (AvgIpc) is 3.43. The number of aromatic nitrogens is 2. The highest BCUT2D eigenvalue weighted by Crippen LogP contribution is 2.35. The SMILES string of the molecule is COc1ccc(N(C)S(=O)(=O)c2ccsc2-c2nc(-c3cccc(F)c3)no2)cc1. The zero-order valence-electron chi connectivity index (χ0n) is 15.9. The molecule has 0 bridgehead atoms. The fourth-order valence-electron chi connectivity index (χ4n) is 2.80. The minimum Gasteiger partial charge on any atom is -0.497 e. The maximum atomic E-state index is 13.5. The van der Waals surface area contributed by atoms with Crippen LogP contribution in [0.4, 0.5) is 10.1 Å². The molecule has 4 rings (SSSR count). The van der Waals surface area contributed by atoms with E-state index in [4.69, 9.17) is 9.26 Å². The lowest BCUT2D eigenvalue weighted by Crippen LogP contribution is -2.26. The van der Waals surface area contributed by atoms with Crippen LogP contribution in [0, 0.1) is 5.82 Å². The number of anilines is 1. The molecule has 0 saturated carbocycles. The number of ether oxygens (including phenoxy) is 1. The van der Waals surface area contributed by atoms with Crippen LogP contribution in [-0.2, 0) is 10.0 Å². The van der Waals surface area contributed by atoms with Crippen molar-refractivity contribution in [3.05, 3.63) is 65.8 Å². The van der Waals surface area contributed by atoms with Gasteiger partial charge in [-0.15, -0.1) is 11.3 Å². The van der Waals surface area contributed by atoms with E-state index < -0.39 is 15.8 Å². The Balaban J connectivity index is 1.69. The molecule has 0 N–H and O–H groups in total. The molecule has 0 amide bonds. The van der Waals surface area contributed by atoms with Crippen molar-refractivity contribution in [2.75, 3.05) is 18.5 Å². The summed E-state index contributed by atoms with van der Waals surface area (Å²) in [5.74, 6) is 0.409. The lowest BCUT2D eigenvalue weighted by atomic mass is 10.2. The molecule has 30 heavy (non-hydrogen) atoms. The molecular formula is C20H16FN3O4S2. The smallest absolute Gasteiger partial charge is 0.269 e. The van der Waals surface area contributed by atoms with Crippen LogP contribution in [-0.4, -0.2) is 32.7 Å². The Bertz CT molecular complexity index is 1280. The van der Waals surface area contributed by atoms with E-state index in [9.17, 15) is 12.8 Å². The van der Waals surface area contributed by atoms with Crippen molar-refractivity contribution < 1.29 is 22.1 Å². The van der Waals surface area contributed by atoms with Crippen LogP contribution >= 0.6 is 11.3 Å². The molecule has 0 atom stereocenters. The minimum absolute atomic E-state index is 0.0419. The largest absolute Gasteiger partial charge is 0.497 e. The summed E-state index contributed by atoms with van der Waals surface area (Å²) in [5, 5.41) is 5.50. The predicted octanol–water partition coefficient (Wildman–Crippen LogP) is 4.44. The number of methoxy groups -OCH3 is 1. The Labute approximate surface area is 176 Å². The Morgan fingerprint density at radius 2 is 1.90 bits per heavy atom. The number of benzene rings is 2. The molecule has 0 unspecified atom stereocenters. The number of hydrogen-bond acceptors (Lipinski definition) is 7. The van der Waals surface area contributed by atoms with E-state index in [1.54, 1.807) is 35.7 Å². The second kappa shape index (κ2) is 7.88. The molecule has 7 nitrogen and oxygen atoms in total. The van der Waals surface area contributed by atoms with Gasteiger partial charge in [-0.05, 0) is 47.8 Å². The first-order valence-corrected chi connectivity index (χ1v) is 11.0. The Hall–Kier alpha value is -3.24. The Morgan fingerprint density at radius 3 is 2.60 bits per heavy atom. The highest BCUT2D eigenvalue weighted by Gasteiger charge is 2.28. The first-order valence-electron chi connectivity index (χ1n) is 8.70. The maximum absolute atomic E-state index is 13.5. The van der Waals surface area contributed by atoms with Crippen molar-refractivity contribution in [1.29, 1.82) is 0 Å². The zero-order valence-corrected chi connectivity index (χ0v) is 17.6. The molecule has 0 radical (unpaired) electrons. The topological polar surface area (TPSA) is 85.5 Å². The fourth-order valence-corrected chi connectivity index (χ4v) is 5.31. The van der Waals surface area contributed by atoms with Crippen molar-refractivity contribution in [2.45, 2.75) is 4.90 Å². The van der Waals surface area contributed by atoms with Gasteiger partial charge in [-0.2, -0.15) is 4.98 Å². The van der Waals surface area contributed by atoms with E-state index >= 15 is 0 Å². The number of hydrogen-bond donors (Lipinski definition) is 0. The third-order valence-corrected chi connectivity index (χ3v) is 7.27. The average molecular weight is 445 g/mol. The van der Waals surface area contributed by atoms with Crippen molar-refractivity contribution in [2.24, 2.45) is 0 Å². The van der Waals surface area contributed by atoms with Gasteiger partial charge in [0, 0.05) is 12.6 Å². The van der Waals surface area contributed by atoms with Gasteiger partial charge < -0.3 is 9.26 Å². The molecule has 0 spiro atoms. The van der Waals surface area contributed by atoms with Crippen molar-refractivity contribution in [3.8, 4) is 27.9 Å². The third-order valence-electron chi connectivity index (χ3n) is 4.41. The molecule has 0 fully saturated rings. The van der Waals surface area contributed by atoms with Gasteiger partial charge in [0.2, 0.25) is 5.82 Å². The summed E-state index contributed by atoms with van der Waals surface area (Å²) >= 11 is 1.16. The van der Waals surface area contributed by atoms with E-state index in [0.717, 1.165) is 11.3 Å². The summed E-state index contributed by atoms with van der Waals surface area (Å²) < 4.78 is 51.5. The fraction of sp³-hybridized carbons (Fsp3) is 0.100. The quantitative estimate of drug-likeness (QED) is 0.436. The molecule has 154 valence electrons. The molecule has 10 heteroatoms. The second-order valence-electron chi connectivity index (χ2n) is 6.22. The summed E-state index contributed by atoms with van der Waals surface area (Å²) in [6, 6.07) is 13.9. The molecule has 0 aliphatic heterocycles. The van der Waals surface area contributed by atoms with Gasteiger partial charge in [0.25, 0.3) is 15.9 Å². The normalized spacial score (nSPS) is 11.4. The van der Waals surface area contributed by atoms with Gasteiger partial charge in [0.05, 0.1) is 12.8 Å². The first-order chi connectivity index (χ1) is 14.4. The molecule has 0 aliphatic carbocycles. The van der Waals surface area contributed by atoms with E-state index in [-0.39, 0.29) is 16.6 Å². The van der Waals surface area contributed by atoms with E-state index in [1.165, 1.54) is 42.7 Å². The van der Waals surface area contributed by atoms with Gasteiger partial charge in [-0.3, -0.25) is 4.31 Å². The van der Waals surface area contributed by atoms with E-state index in [2.05, 4.69) is 10.1 Å². The highest BCUT2D eigenvalue weighted by atomic mass is 32.2. The number of sulfonamides is 1. The molecule has 2 aromatic heterocycles. The van der Waals surface area contributed by atoms with Crippen LogP contribution in [0.1, 0.15) is 0 Å². The molecule has 0 saturated heterocycles. The van der Waals surface area contributed by atoms with Crippen LogP contribution in [0.5, 0.6) is 5.75 Å². The Morgan fingerprint density at radius 1 is 1.13 bits per heavy atom. The molecule has 4 aromatic rings. The third kappa shape index (κ3) is 3.66. The number of thiophene rings is 1. The summed E-state index contributed by atoms with van der Waals surface area (Å²) in [4.78, 5) is 4.61. The summed E-state index contributed by atoms with van der Waals surface area (Å²) in [5.41, 5.74) is 0.903. The van der Waals surface area contributed by atoms with Crippen LogP contribution in [0.15, 0.2) is 69.4 Å². The standard InChI is InChI=1S/C20H16FN3O4S2/c1-24(15-6-8-16(27-2)9-7-15)30(25,26)17-10-11-29-18(17)20-22-19(23-28-20)13-4-3-5-14(21)12-13/h3-12H,1-2H3. The number of halogens is 1. The van der Waals surface area contributed by atoms with Gasteiger partial charge in [0.1, 0.15) is 21.3 Å². The number of nitrogens with zero attached hydrogens (tertiary/aromatic N) is 3. The second-order valence-corrected chi connectivity index (χ2v) is 9.07. The van der Waals surface area contributed by atoms with Gasteiger partial charge in [0.15, 0.2) is 0 Å². The highest BCUT2D eigenvalue weighted by molar-refractivity contribution is 7.93. The van der Waals surface area contributed by atoms with Gasteiger partial charge >= 0.3 is 0 Å². The van der Waals surface area contributed by atoms with E-state index in [0.29, 0.717) is 21.9 Å². The Kier molecular flexibility index (Phi) is 5.27. The van der Waals surface area contributed by atoms with Crippen LogP contribution in [0.2, 0.25) is 0 Å². The first kappa shape index (κ1) is 20.0. The monoisotopic (exact) mass is 445 g/mol. The molecule has 2 heterocycles. The summed E-state index contributed by atoms with van der Waals surface area (Å²) in [6.45, 7) is 0.